The zero-order valence-corrected chi connectivity index (χ0v) is 18.3. The Labute approximate surface area is 195 Å². The quantitative estimate of drug-likeness (QED) is 0.507. The summed E-state index contributed by atoms with van der Waals surface area (Å²) >= 11 is 0. The minimum Gasteiger partial charge on any atom is -0.426 e. The van der Waals surface area contributed by atoms with Crippen LogP contribution < -0.4 is 0 Å². The highest BCUT2D eigenvalue weighted by Crippen LogP contribution is 2.41. The molecular weight excluding hydrogens is 487 g/mol. The normalized spacial score (nSPS) is 19.0. The largest absolute Gasteiger partial charge is 0.434 e. The molecule has 0 radical (unpaired) electrons. The second kappa shape index (κ2) is 9.32. The number of aromatic nitrogens is 1. The topological polar surface area (TPSA) is 58.8 Å². The van der Waals surface area contributed by atoms with Crippen molar-refractivity contribution in [2.45, 2.75) is 56.2 Å². The lowest BCUT2D eigenvalue weighted by Crippen LogP contribution is -2.54. The molecule has 0 unspecified atom stereocenters. The third kappa shape index (κ3) is 5.54. The molecule has 2 saturated heterocycles. The molecule has 13 heteroatoms. The number of hydrogen-bond donors (Lipinski definition) is 0. The molecule has 0 atom stereocenters. The highest BCUT2D eigenvalue weighted by molar-refractivity contribution is 5.68. The molecular formula is C22H22F7N3O3. The molecule has 2 aromatic rings. The predicted molar refractivity (Wildman–Crippen MR) is 107 cm³/mol. The Balaban J connectivity index is 1.37. The average molecular weight is 509 g/mol. The van der Waals surface area contributed by atoms with Crippen molar-refractivity contribution in [2.24, 2.45) is 0 Å². The van der Waals surface area contributed by atoms with Gasteiger partial charge in [0.1, 0.15) is 5.82 Å². The van der Waals surface area contributed by atoms with Gasteiger partial charge in [-0.1, -0.05) is 5.16 Å². The molecule has 3 heterocycles. The summed E-state index contributed by atoms with van der Waals surface area (Å²) in [5, 5.41) is 4.07. The number of carbonyl (C=O) groups is 1. The van der Waals surface area contributed by atoms with Gasteiger partial charge in [0.2, 0.25) is 0 Å². The second-order valence-electron chi connectivity index (χ2n) is 8.77. The van der Waals surface area contributed by atoms with E-state index in [1.807, 2.05) is 0 Å². The fraction of sp³-hybridized carbons (Fsp3) is 0.545. The van der Waals surface area contributed by atoms with Crippen molar-refractivity contribution >= 4 is 6.09 Å². The molecule has 1 aromatic heterocycles. The molecule has 0 saturated carbocycles. The van der Waals surface area contributed by atoms with Crippen LogP contribution in [-0.4, -0.2) is 64.7 Å². The summed E-state index contributed by atoms with van der Waals surface area (Å²) in [6, 6.07) is 7.47. The zero-order valence-electron chi connectivity index (χ0n) is 18.3. The molecule has 1 amide bonds. The number of carbonyl (C=O) groups excluding carboxylic acids is 1. The number of rotatable bonds is 4. The molecule has 1 aromatic carbocycles. The summed E-state index contributed by atoms with van der Waals surface area (Å²) in [7, 11) is 0. The van der Waals surface area contributed by atoms with Crippen LogP contribution in [0.1, 0.15) is 31.4 Å². The molecule has 35 heavy (non-hydrogen) atoms. The Morgan fingerprint density at radius 2 is 1.66 bits per heavy atom. The van der Waals surface area contributed by atoms with E-state index in [1.54, 1.807) is 18.2 Å². The van der Waals surface area contributed by atoms with Crippen LogP contribution in [0.5, 0.6) is 0 Å². The van der Waals surface area contributed by atoms with Crippen LogP contribution in [0, 0.1) is 5.82 Å². The second-order valence-corrected chi connectivity index (χ2v) is 8.77. The van der Waals surface area contributed by atoms with Crippen molar-refractivity contribution in [3.05, 3.63) is 41.8 Å². The molecule has 192 valence electrons. The van der Waals surface area contributed by atoms with Gasteiger partial charge in [0, 0.05) is 36.8 Å². The van der Waals surface area contributed by atoms with Crippen LogP contribution in [0.2, 0.25) is 0 Å². The van der Waals surface area contributed by atoms with Gasteiger partial charge in [-0.25, -0.2) is 9.18 Å². The lowest BCUT2D eigenvalue weighted by atomic mass is 9.85. The fourth-order valence-electron chi connectivity index (χ4n) is 4.74. The van der Waals surface area contributed by atoms with E-state index in [0.29, 0.717) is 42.9 Å². The Morgan fingerprint density at radius 1 is 1.03 bits per heavy atom. The predicted octanol–water partition coefficient (Wildman–Crippen LogP) is 5.54. The Hall–Kier alpha value is -2.83. The van der Waals surface area contributed by atoms with Gasteiger partial charge in [-0.2, -0.15) is 26.3 Å². The molecule has 1 spiro atoms. The Morgan fingerprint density at radius 3 is 2.26 bits per heavy atom. The number of likely N-dealkylation sites (tertiary alicyclic amines) is 2. The van der Waals surface area contributed by atoms with E-state index in [0.717, 1.165) is 17.7 Å². The molecule has 4 rings (SSSR count). The third-order valence-electron chi connectivity index (χ3n) is 6.55. The monoisotopic (exact) mass is 509 g/mol. The maximum Gasteiger partial charge on any atom is 0.434 e. The van der Waals surface area contributed by atoms with Crippen LogP contribution in [0.25, 0.3) is 11.3 Å². The Kier molecular flexibility index (Phi) is 6.73. The van der Waals surface area contributed by atoms with E-state index < -0.39 is 24.5 Å². The summed E-state index contributed by atoms with van der Waals surface area (Å²) < 4.78 is 98.6. The highest BCUT2D eigenvalue weighted by atomic mass is 19.4. The summed E-state index contributed by atoms with van der Waals surface area (Å²) in [6.07, 6.45) is -15.0. The number of ether oxygens (including phenoxy) is 1. The molecule has 6 nitrogen and oxygen atoms in total. The first-order valence-corrected chi connectivity index (χ1v) is 10.9. The summed E-state index contributed by atoms with van der Waals surface area (Å²) in [5.74, 6) is 0.0877. The third-order valence-corrected chi connectivity index (χ3v) is 6.55. The lowest BCUT2D eigenvalue weighted by molar-refractivity contribution is -0.308. The van der Waals surface area contributed by atoms with E-state index in [4.69, 9.17) is 4.52 Å². The molecule has 2 aliphatic rings. The number of hydrogen-bond acceptors (Lipinski definition) is 5. The lowest BCUT2D eigenvalue weighted by Gasteiger charge is -2.44. The SMILES string of the molecule is O=C(OC(C(F)(F)F)C(F)(F)F)N1CCC2(CCCN2Cc2cc(-c3ccc(F)cc3)on2)CC1. The van der Waals surface area contributed by atoms with Crippen molar-refractivity contribution in [3.8, 4) is 11.3 Å². The maximum atomic E-state index is 13.1. The molecule has 0 bridgehead atoms. The average Bonchev–Trinajstić information content (AvgIpc) is 3.39. The number of nitrogens with zero attached hydrogens (tertiary/aromatic N) is 3. The minimum atomic E-state index is -5.75. The van der Waals surface area contributed by atoms with Crippen LogP contribution in [0.3, 0.4) is 0 Å². The Bertz CT molecular complexity index is 1010. The number of amides is 1. The number of benzene rings is 1. The van der Waals surface area contributed by atoms with E-state index in [1.165, 1.54) is 12.1 Å². The first-order chi connectivity index (χ1) is 16.4. The van der Waals surface area contributed by atoms with Gasteiger partial charge < -0.3 is 14.2 Å². The van der Waals surface area contributed by atoms with E-state index >= 15 is 0 Å². The maximum absolute atomic E-state index is 13.1. The van der Waals surface area contributed by atoms with Gasteiger partial charge in [0.15, 0.2) is 5.76 Å². The molecule has 2 aliphatic heterocycles. The zero-order chi connectivity index (χ0) is 25.4. The van der Waals surface area contributed by atoms with E-state index in [2.05, 4.69) is 14.8 Å². The van der Waals surface area contributed by atoms with Crippen LogP contribution in [0.15, 0.2) is 34.9 Å². The van der Waals surface area contributed by atoms with Crippen molar-refractivity contribution in [1.29, 1.82) is 0 Å². The number of piperidine rings is 1. The van der Waals surface area contributed by atoms with Gasteiger partial charge in [-0.15, -0.1) is 0 Å². The van der Waals surface area contributed by atoms with Gasteiger partial charge in [0.25, 0.3) is 6.10 Å². The first-order valence-electron chi connectivity index (χ1n) is 10.9. The van der Waals surface area contributed by atoms with Crippen LogP contribution >= 0.6 is 0 Å². The van der Waals surface area contributed by atoms with Gasteiger partial charge in [-0.3, -0.25) is 4.90 Å². The summed E-state index contributed by atoms with van der Waals surface area (Å²) in [5.41, 5.74) is 0.925. The number of halogens is 7. The van der Waals surface area contributed by atoms with Crippen LogP contribution in [-0.2, 0) is 11.3 Å². The first kappa shape index (κ1) is 25.3. The van der Waals surface area contributed by atoms with Gasteiger partial charge >= 0.3 is 18.4 Å². The van der Waals surface area contributed by atoms with Crippen LogP contribution in [0.4, 0.5) is 35.5 Å². The molecule has 2 fully saturated rings. The smallest absolute Gasteiger partial charge is 0.426 e. The fourth-order valence-corrected chi connectivity index (χ4v) is 4.74. The highest BCUT2D eigenvalue weighted by Gasteiger charge is 2.60. The van der Waals surface area contributed by atoms with Gasteiger partial charge in [0.05, 0.1) is 5.69 Å². The number of alkyl halides is 6. The van der Waals surface area contributed by atoms with Crippen molar-refractivity contribution in [2.75, 3.05) is 19.6 Å². The molecule has 0 aliphatic carbocycles. The van der Waals surface area contributed by atoms with E-state index in [-0.39, 0.29) is 24.4 Å². The summed E-state index contributed by atoms with van der Waals surface area (Å²) in [6.45, 7) is 1.07. The summed E-state index contributed by atoms with van der Waals surface area (Å²) in [4.78, 5) is 15.1. The van der Waals surface area contributed by atoms with Crippen molar-refractivity contribution in [3.63, 3.8) is 0 Å². The minimum absolute atomic E-state index is 0.0303. The van der Waals surface area contributed by atoms with Crippen molar-refractivity contribution in [1.82, 2.24) is 15.0 Å². The van der Waals surface area contributed by atoms with E-state index in [9.17, 15) is 35.5 Å². The standard InChI is InChI=1S/C22H22F7N3O3/c23-15-4-2-14(3-5-15)17-12-16(30-35-17)13-32-9-1-6-20(32)7-10-31(11-8-20)19(33)34-18(21(24,25)26)22(27,28)29/h2-5,12,18H,1,6-11,13H2. The molecule has 0 N–H and O–H groups in total. The van der Waals surface area contributed by atoms with Crippen molar-refractivity contribution < 1.29 is 44.8 Å². The van der Waals surface area contributed by atoms with Gasteiger partial charge in [-0.05, 0) is 56.5 Å².